The van der Waals surface area contributed by atoms with E-state index in [1.165, 1.54) is 38.5 Å². The summed E-state index contributed by atoms with van der Waals surface area (Å²) in [6.07, 6.45) is 10.9. The Morgan fingerprint density at radius 1 is 0.781 bits per heavy atom. The maximum atomic E-state index is 11.8. The van der Waals surface area contributed by atoms with E-state index in [1.54, 1.807) is 0 Å². The lowest BCUT2D eigenvalue weighted by atomic mass is 10.1. The Balaban J connectivity index is 4.12. The lowest BCUT2D eigenvalue weighted by Gasteiger charge is -2.17. The van der Waals surface area contributed by atoms with Gasteiger partial charge in [0, 0.05) is 6.42 Å². The molecule has 0 aromatic carbocycles. The summed E-state index contributed by atoms with van der Waals surface area (Å²) in [6, 6.07) is 0. The summed E-state index contributed by atoms with van der Waals surface area (Å²) in [5.41, 5.74) is 0. The predicted molar refractivity (Wildman–Crippen MR) is 116 cm³/mol. The molecule has 0 spiro atoms. The molecule has 0 radical (unpaired) electrons. The van der Waals surface area contributed by atoms with E-state index in [1.807, 2.05) is 0 Å². The van der Waals surface area contributed by atoms with Crippen LogP contribution in [0.1, 0.15) is 84.0 Å². The first-order chi connectivity index (χ1) is 14.9. The molecule has 0 rings (SSSR count). The van der Waals surface area contributed by atoms with Gasteiger partial charge in [0.25, 0.3) is 20.2 Å². The topological polar surface area (TPSA) is 182 Å². The molecule has 0 saturated heterocycles. The second-order valence-corrected chi connectivity index (χ2v) is 10.9. The van der Waals surface area contributed by atoms with Crippen LogP contribution < -0.4 is 0 Å². The number of rotatable bonds is 19. The molecule has 0 aliphatic carbocycles. The minimum Gasteiger partial charge on any atom is -0.460 e. The molecule has 1 atom stereocenters. The molecule has 32 heavy (non-hydrogen) atoms. The van der Waals surface area contributed by atoms with Crippen molar-refractivity contribution in [2.45, 2.75) is 94.7 Å². The number of carbonyl (C=O) groups is 2. The fraction of sp³-hybridized carbons (Fsp3) is 0.895. The number of carbonyl (C=O) groups excluding carboxylic acids is 2. The van der Waals surface area contributed by atoms with Gasteiger partial charge in [-0.25, -0.2) is 4.79 Å². The fourth-order valence-electron chi connectivity index (χ4n) is 2.94. The van der Waals surface area contributed by atoms with Gasteiger partial charge < -0.3 is 14.6 Å². The Kier molecular flexibility index (Phi) is 15.7. The van der Waals surface area contributed by atoms with Crippen LogP contribution in [0.4, 0.5) is 0 Å². The summed E-state index contributed by atoms with van der Waals surface area (Å²) in [7, 11) is -11.0. The van der Waals surface area contributed by atoms with E-state index in [0.29, 0.717) is 6.42 Å². The van der Waals surface area contributed by atoms with Crippen LogP contribution in [0.3, 0.4) is 0 Å². The van der Waals surface area contributed by atoms with Crippen LogP contribution in [0.25, 0.3) is 0 Å². The van der Waals surface area contributed by atoms with Gasteiger partial charge in [-0.1, -0.05) is 71.1 Å². The van der Waals surface area contributed by atoms with Gasteiger partial charge in [-0.2, -0.15) is 16.8 Å². The lowest BCUT2D eigenvalue weighted by Crippen LogP contribution is -2.40. The van der Waals surface area contributed by atoms with Crippen molar-refractivity contribution in [3.63, 3.8) is 0 Å². The zero-order valence-corrected chi connectivity index (χ0v) is 20.1. The Morgan fingerprint density at radius 2 is 1.22 bits per heavy atom. The average molecular weight is 505 g/mol. The standard InChI is InChI=1S/C19H36O11S2/c1-2-3-4-5-6-7-8-9-10-11-12-13-17(21)30-16(14-20)15-29-18(22)19(31(23,24)25)32(26,27)28/h16,19-20H,2-15H2,1H3,(H,23,24,25)(H,26,27,28). The van der Waals surface area contributed by atoms with E-state index in [2.05, 4.69) is 11.7 Å². The van der Waals surface area contributed by atoms with Crippen LogP contribution in [-0.2, 0) is 39.3 Å². The van der Waals surface area contributed by atoms with Crippen LogP contribution in [0, 0.1) is 0 Å². The third-order valence-corrected chi connectivity index (χ3v) is 7.56. The number of unbranched alkanes of at least 4 members (excludes halogenated alkanes) is 10. The van der Waals surface area contributed by atoms with Gasteiger partial charge in [0.1, 0.15) is 6.61 Å². The molecule has 0 heterocycles. The molecular weight excluding hydrogens is 468 g/mol. The Bertz CT molecular complexity index is 715. The van der Waals surface area contributed by atoms with Gasteiger partial charge in [0.2, 0.25) is 0 Å². The summed E-state index contributed by atoms with van der Waals surface area (Å²) in [6.45, 7) is 0.546. The van der Waals surface area contributed by atoms with Crippen molar-refractivity contribution in [2.75, 3.05) is 13.2 Å². The van der Waals surface area contributed by atoms with Crippen LogP contribution in [-0.4, -0.2) is 66.9 Å². The highest BCUT2D eigenvalue weighted by molar-refractivity contribution is 8.05. The minimum absolute atomic E-state index is 0.0696. The zero-order chi connectivity index (χ0) is 24.6. The number of esters is 2. The summed E-state index contributed by atoms with van der Waals surface area (Å²) in [5, 5.41) is 9.20. The Hall–Kier alpha value is -1.28. The molecule has 0 aliphatic rings. The van der Waals surface area contributed by atoms with Crippen molar-refractivity contribution < 1.29 is 50.1 Å². The average Bonchev–Trinajstić information content (AvgIpc) is 2.67. The van der Waals surface area contributed by atoms with Crippen LogP contribution in [0.15, 0.2) is 0 Å². The molecule has 11 nitrogen and oxygen atoms in total. The first-order valence-corrected chi connectivity index (χ1v) is 13.8. The molecular formula is C19H36O11S2. The molecule has 190 valence electrons. The van der Waals surface area contributed by atoms with Crippen molar-refractivity contribution >= 4 is 32.2 Å². The van der Waals surface area contributed by atoms with E-state index < -0.39 is 56.1 Å². The fourth-order valence-corrected chi connectivity index (χ4v) is 4.79. The number of hydrogen-bond donors (Lipinski definition) is 3. The highest BCUT2D eigenvalue weighted by Gasteiger charge is 2.44. The largest absolute Gasteiger partial charge is 0.460 e. The van der Waals surface area contributed by atoms with E-state index in [9.17, 15) is 31.5 Å². The normalized spacial score (nSPS) is 13.2. The molecule has 0 aliphatic heterocycles. The first kappa shape index (κ1) is 30.7. The zero-order valence-electron chi connectivity index (χ0n) is 18.5. The maximum absolute atomic E-state index is 11.8. The van der Waals surface area contributed by atoms with E-state index in [0.717, 1.165) is 25.7 Å². The number of hydrogen-bond acceptors (Lipinski definition) is 9. The van der Waals surface area contributed by atoms with Gasteiger partial charge >= 0.3 is 16.5 Å². The summed E-state index contributed by atoms with van der Waals surface area (Å²) >= 11 is 0. The van der Waals surface area contributed by atoms with E-state index >= 15 is 0 Å². The predicted octanol–water partition coefficient (Wildman–Crippen LogP) is 2.24. The number of aliphatic hydroxyl groups excluding tert-OH is 1. The SMILES string of the molecule is CCCCCCCCCCCCCC(=O)OC(CO)COC(=O)C(S(=O)(=O)O)S(=O)(=O)O. The molecule has 0 saturated carbocycles. The summed E-state index contributed by atoms with van der Waals surface area (Å²) in [5.74, 6) is -2.66. The van der Waals surface area contributed by atoms with Crippen LogP contribution >= 0.6 is 0 Å². The second-order valence-electron chi connectivity index (χ2n) is 7.57. The summed E-state index contributed by atoms with van der Waals surface area (Å²) in [4.78, 5) is 23.4. The van der Waals surface area contributed by atoms with Crippen molar-refractivity contribution in [1.82, 2.24) is 0 Å². The Labute approximate surface area is 190 Å². The van der Waals surface area contributed by atoms with Crippen LogP contribution in [0.5, 0.6) is 0 Å². The first-order valence-electron chi connectivity index (χ1n) is 10.8. The smallest absolute Gasteiger partial charge is 0.345 e. The number of ether oxygens (including phenoxy) is 2. The molecule has 0 aromatic heterocycles. The lowest BCUT2D eigenvalue weighted by molar-refractivity contribution is -0.160. The monoisotopic (exact) mass is 504 g/mol. The molecule has 0 fully saturated rings. The summed E-state index contributed by atoms with van der Waals surface area (Å²) < 4.78 is 67.5. The molecule has 0 bridgehead atoms. The van der Waals surface area contributed by atoms with Crippen LogP contribution in [0.2, 0.25) is 0 Å². The minimum atomic E-state index is -5.51. The molecule has 0 amide bonds. The quantitative estimate of drug-likeness (QED) is 0.133. The second kappa shape index (κ2) is 16.4. The molecule has 0 aromatic rings. The van der Waals surface area contributed by atoms with Gasteiger partial charge in [-0.05, 0) is 6.42 Å². The molecule has 13 heteroatoms. The Morgan fingerprint density at radius 3 is 1.62 bits per heavy atom. The van der Waals surface area contributed by atoms with Crippen molar-refractivity contribution in [2.24, 2.45) is 0 Å². The van der Waals surface area contributed by atoms with Crippen molar-refractivity contribution in [1.29, 1.82) is 0 Å². The maximum Gasteiger partial charge on any atom is 0.345 e. The van der Waals surface area contributed by atoms with Gasteiger partial charge in [0.05, 0.1) is 6.61 Å². The molecule has 3 N–H and O–H groups in total. The highest BCUT2D eigenvalue weighted by Crippen LogP contribution is 2.13. The van der Waals surface area contributed by atoms with Gasteiger partial charge in [-0.3, -0.25) is 13.9 Å². The van der Waals surface area contributed by atoms with Crippen molar-refractivity contribution in [3.8, 4) is 0 Å². The van der Waals surface area contributed by atoms with E-state index in [4.69, 9.17) is 13.8 Å². The van der Waals surface area contributed by atoms with E-state index in [-0.39, 0.29) is 6.42 Å². The van der Waals surface area contributed by atoms with Crippen molar-refractivity contribution in [3.05, 3.63) is 0 Å². The third-order valence-electron chi connectivity index (χ3n) is 4.63. The third kappa shape index (κ3) is 14.7. The van der Waals surface area contributed by atoms with Gasteiger partial charge in [-0.15, -0.1) is 0 Å². The molecule has 1 unspecified atom stereocenters. The number of aliphatic hydroxyl groups is 1. The van der Waals surface area contributed by atoms with Gasteiger partial charge in [0.15, 0.2) is 6.10 Å². The highest BCUT2D eigenvalue weighted by atomic mass is 32.3.